The van der Waals surface area contributed by atoms with E-state index in [1.54, 1.807) is 66.0 Å². The highest BCUT2D eigenvalue weighted by Crippen LogP contribution is 2.26. The number of benzene rings is 2. The lowest BCUT2D eigenvalue weighted by molar-refractivity contribution is -0.119. The van der Waals surface area contributed by atoms with Gasteiger partial charge in [-0.05, 0) is 35.7 Å². The van der Waals surface area contributed by atoms with Crippen molar-refractivity contribution in [2.75, 3.05) is 12.9 Å². The quantitative estimate of drug-likeness (QED) is 0.257. The highest BCUT2D eigenvalue weighted by molar-refractivity contribution is 7.99. The number of hydrogen-bond acceptors (Lipinski definition) is 7. The van der Waals surface area contributed by atoms with Crippen LogP contribution < -0.4 is 21.1 Å². The summed E-state index contributed by atoms with van der Waals surface area (Å²) < 4.78 is 6.86. The molecule has 0 unspecified atom stereocenters. The van der Waals surface area contributed by atoms with Crippen LogP contribution in [0.2, 0.25) is 0 Å². The molecule has 0 saturated carbocycles. The molecule has 32 heavy (non-hydrogen) atoms. The Morgan fingerprint density at radius 2 is 1.84 bits per heavy atom. The van der Waals surface area contributed by atoms with E-state index in [2.05, 4.69) is 15.8 Å². The molecule has 2 N–H and O–H groups in total. The molecule has 0 aliphatic carbocycles. The van der Waals surface area contributed by atoms with Crippen LogP contribution in [0.15, 0.2) is 76.0 Å². The predicted octanol–water partition coefficient (Wildman–Crippen LogP) is 3.01. The van der Waals surface area contributed by atoms with E-state index in [1.807, 2.05) is 0 Å². The predicted molar refractivity (Wildman–Crippen MR) is 125 cm³/mol. The van der Waals surface area contributed by atoms with Gasteiger partial charge < -0.3 is 4.74 Å². The molecule has 4 aromatic rings. The number of nitrogens with one attached hydrogen (secondary N) is 2. The minimum atomic E-state index is -0.436. The summed E-state index contributed by atoms with van der Waals surface area (Å²) in [6.45, 7) is 0. The van der Waals surface area contributed by atoms with Crippen molar-refractivity contribution in [3.05, 3.63) is 81.3 Å². The van der Waals surface area contributed by atoms with Crippen LogP contribution in [0.5, 0.6) is 5.75 Å². The maximum absolute atomic E-state index is 13.3. The van der Waals surface area contributed by atoms with E-state index in [0.29, 0.717) is 32.4 Å². The molecule has 2 aromatic heterocycles. The molecule has 0 atom stereocenters. The average molecular weight is 467 g/mol. The maximum Gasteiger partial charge on any atom is 0.279 e. The van der Waals surface area contributed by atoms with E-state index < -0.39 is 11.8 Å². The Kier molecular flexibility index (Phi) is 6.52. The molecule has 0 radical (unpaired) electrons. The van der Waals surface area contributed by atoms with Gasteiger partial charge in [0.05, 0.1) is 34.3 Å². The lowest BCUT2D eigenvalue weighted by Gasteiger charge is -2.15. The van der Waals surface area contributed by atoms with Gasteiger partial charge in [0.2, 0.25) is 5.91 Å². The smallest absolute Gasteiger partial charge is 0.279 e. The van der Waals surface area contributed by atoms with E-state index in [1.165, 1.54) is 23.0 Å². The lowest BCUT2D eigenvalue weighted by atomic mass is 10.2. The van der Waals surface area contributed by atoms with Crippen molar-refractivity contribution in [2.24, 2.45) is 0 Å². The van der Waals surface area contributed by atoms with Gasteiger partial charge in [0, 0.05) is 0 Å². The molecule has 162 valence electrons. The Morgan fingerprint density at radius 1 is 1.06 bits per heavy atom. The number of nitrogens with zero attached hydrogens (tertiary/aromatic N) is 2. The summed E-state index contributed by atoms with van der Waals surface area (Å²) in [6.07, 6.45) is 0. The summed E-state index contributed by atoms with van der Waals surface area (Å²) in [7, 11) is 1.52. The van der Waals surface area contributed by atoms with Crippen molar-refractivity contribution in [2.45, 2.75) is 5.16 Å². The Hall–Kier alpha value is -3.63. The number of amides is 2. The van der Waals surface area contributed by atoms with Crippen molar-refractivity contribution in [3.63, 3.8) is 0 Å². The molecule has 0 aliphatic rings. The Labute approximate surface area is 191 Å². The fraction of sp³-hybridized carbons (Fsp3) is 0.0909. The topological polar surface area (TPSA) is 102 Å². The van der Waals surface area contributed by atoms with Gasteiger partial charge in [-0.2, -0.15) is 0 Å². The highest BCUT2D eigenvalue weighted by Gasteiger charge is 2.17. The summed E-state index contributed by atoms with van der Waals surface area (Å²) in [5.74, 6) is -0.395. The molecular weight excluding hydrogens is 448 g/mol. The molecule has 0 saturated heterocycles. The second kappa shape index (κ2) is 9.67. The van der Waals surface area contributed by atoms with Crippen molar-refractivity contribution in [3.8, 4) is 11.4 Å². The van der Waals surface area contributed by atoms with Crippen LogP contribution in [0.4, 0.5) is 0 Å². The first kappa shape index (κ1) is 21.6. The zero-order valence-electron chi connectivity index (χ0n) is 16.9. The van der Waals surface area contributed by atoms with Crippen LogP contribution in [0.3, 0.4) is 0 Å². The third-order valence-electron chi connectivity index (χ3n) is 4.46. The number of hydrogen-bond donors (Lipinski definition) is 2. The number of para-hydroxylation sites is 3. The summed E-state index contributed by atoms with van der Waals surface area (Å²) >= 11 is 2.35. The first-order chi connectivity index (χ1) is 15.6. The molecule has 0 spiro atoms. The molecule has 0 aliphatic heterocycles. The van der Waals surface area contributed by atoms with E-state index in [-0.39, 0.29) is 11.3 Å². The molecule has 10 heteroatoms. The van der Waals surface area contributed by atoms with E-state index >= 15 is 0 Å². The first-order valence-electron chi connectivity index (χ1n) is 9.49. The van der Waals surface area contributed by atoms with Crippen LogP contribution in [-0.4, -0.2) is 34.2 Å². The van der Waals surface area contributed by atoms with Crippen LogP contribution in [0, 0.1) is 0 Å². The number of carbonyl (C=O) groups excluding carboxylic acids is 2. The van der Waals surface area contributed by atoms with Gasteiger partial charge in [-0.1, -0.05) is 42.1 Å². The van der Waals surface area contributed by atoms with Gasteiger partial charge in [-0.25, -0.2) is 4.98 Å². The van der Waals surface area contributed by atoms with Gasteiger partial charge in [-0.15, -0.1) is 11.3 Å². The Bertz CT molecular complexity index is 1340. The molecule has 0 bridgehead atoms. The number of carbonyl (C=O) groups is 2. The fourth-order valence-electron chi connectivity index (χ4n) is 3.00. The normalized spacial score (nSPS) is 10.7. The highest BCUT2D eigenvalue weighted by atomic mass is 32.2. The minimum absolute atomic E-state index is 0.0648. The molecule has 2 aromatic carbocycles. The number of hydrazine groups is 1. The second-order valence-electron chi connectivity index (χ2n) is 6.49. The number of thiophene rings is 1. The third kappa shape index (κ3) is 4.51. The number of ether oxygens (including phenoxy) is 1. The van der Waals surface area contributed by atoms with Gasteiger partial charge in [0.1, 0.15) is 5.75 Å². The van der Waals surface area contributed by atoms with Gasteiger partial charge in [0.15, 0.2) is 5.16 Å². The standard InChI is InChI=1S/C22H18N4O4S2/c1-30-17-10-5-4-9-16(17)26-21(29)14-7-2-3-8-15(14)23-22(26)32-13-19(27)24-25-20(28)18-11-6-12-31-18/h2-12H,13H2,1H3,(H,24,27)(H,25,28). The molecule has 2 amide bonds. The van der Waals surface area contributed by atoms with Crippen LogP contribution >= 0.6 is 23.1 Å². The maximum atomic E-state index is 13.3. The number of thioether (sulfide) groups is 1. The summed E-state index contributed by atoms with van der Waals surface area (Å²) in [4.78, 5) is 42.7. The Morgan fingerprint density at radius 3 is 2.62 bits per heavy atom. The SMILES string of the molecule is COc1ccccc1-n1c(SCC(=O)NNC(=O)c2cccs2)nc2ccccc2c1=O. The molecule has 8 nitrogen and oxygen atoms in total. The fourth-order valence-corrected chi connectivity index (χ4v) is 4.42. The first-order valence-corrected chi connectivity index (χ1v) is 11.4. The molecule has 0 fully saturated rings. The van der Waals surface area contributed by atoms with Crippen molar-refractivity contribution in [1.29, 1.82) is 0 Å². The third-order valence-corrected chi connectivity index (χ3v) is 6.27. The number of fused-ring (bicyclic) bond motifs is 1. The molecular formula is C22H18N4O4S2. The van der Waals surface area contributed by atoms with E-state index in [0.717, 1.165) is 11.8 Å². The Balaban J connectivity index is 1.61. The average Bonchev–Trinajstić information content (AvgIpc) is 3.36. The second-order valence-corrected chi connectivity index (χ2v) is 8.38. The van der Waals surface area contributed by atoms with E-state index in [9.17, 15) is 14.4 Å². The van der Waals surface area contributed by atoms with Crippen LogP contribution in [-0.2, 0) is 4.79 Å². The summed E-state index contributed by atoms with van der Waals surface area (Å²) in [6, 6.07) is 17.5. The number of methoxy groups -OCH3 is 1. The molecule has 2 heterocycles. The summed E-state index contributed by atoms with van der Waals surface area (Å²) in [5, 5.41) is 2.56. The van der Waals surface area contributed by atoms with Crippen LogP contribution in [0.1, 0.15) is 9.67 Å². The zero-order valence-corrected chi connectivity index (χ0v) is 18.5. The van der Waals surface area contributed by atoms with Crippen molar-refractivity contribution < 1.29 is 14.3 Å². The zero-order chi connectivity index (χ0) is 22.5. The lowest BCUT2D eigenvalue weighted by Crippen LogP contribution is -2.42. The van der Waals surface area contributed by atoms with Gasteiger partial charge >= 0.3 is 0 Å². The van der Waals surface area contributed by atoms with Crippen molar-refractivity contribution in [1.82, 2.24) is 20.4 Å². The van der Waals surface area contributed by atoms with Crippen LogP contribution in [0.25, 0.3) is 16.6 Å². The number of aromatic nitrogens is 2. The largest absolute Gasteiger partial charge is 0.495 e. The minimum Gasteiger partial charge on any atom is -0.495 e. The van der Waals surface area contributed by atoms with Gasteiger partial charge in [-0.3, -0.25) is 29.8 Å². The van der Waals surface area contributed by atoms with Crippen molar-refractivity contribution >= 4 is 45.8 Å². The summed E-state index contributed by atoms with van der Waals surface area (Å²) in [5.41, 5.74) is 5.53. The molecule has 4 rings (SSSR count). The van der Waals surface area contributed by atoms with E-state index in [4.69, 9.17) is 4.74 Å². The number of rotatable bonds is 6. The monoisotopic (exact) mass is 466 g/mol. The van der Waals surface area contributed by atoms with Gasteiger partial charge in [0.25, 0.3) is 11.5 Å².